The molecule has 0 aromatic heterocycles. The minimum atomic E-state index is -0.806. The fourth-order valence-corrected chi connectivity index (χ4v) is 3.23. The number of amides is 1. The van der Waals surface area contributed by atoms with Crippen LogP contribution < -0.4 is 0 Å². The molecule has 2 N–H and O–H groups in total. The van der Waals surface area contributed by atoms with Crippen LogP contribution >= 0.6 is 0 Å². The molecule has 1 aromatic carbocycles. The highest BCUT2D eigenvalue weighted by molar-refractivity contribution is 5.97. The van der Waals surface area contributed by atoms with Gasteiger partial charge in [0.1, 0.15) is 5.75 Å². The summed E-state index contributed by atoms with van der Waals surface area (Å²) in [6, 6.07) is 3.59. The number of benzene rings is 1. The average Bonchev–Trinajstić information content (AvgIpc) is 2.77. The van der Waals surface area contributed by atoms with Crippen molar-refractivity contribution >= 4 is 5.91 Å². The minimum Gasteiger partial charge on any atom is -0.507 e. The van der Waals surface area contributed by atoms with Crippen molar-refractivity contribution in [2.24, 2.45) is 0 Å². The van der Waals surface area contributed by atoms with E-state index >= 15 is 0 Å². The molecule has 0 spiro atoms. The van der Waals surface area contributed by atoms with Gasteiger partial charge in [-0.3, -0.25) is 4.79 Å². The Morgan fingerprint density at radius 2 is 1.90 bits per heavy atom. The lowest BCUT2D eigenvalue weighted by molar-refractivity contribution is 0.0570. The molecular formula is C16H21NO3. The first-order chi connectivity index (χ1) is 9.46. The Morgan fingerprint density at radius 1 is 1.25 bits per heavy atom. The third-order valence-corrected chi connectivity index (χ3v) is 4.43. The van der Waals surface area contributed by atoms with E-state index in [-0.39, 0.29) is 11.7 Å². The summed E-state index contributed by atoms with van der Waals surface area (Å²) in [6.07, 6.45) is 4.84. The van der Waals surface area contributed by atoms with Crippen molar-refractivity contribution < 1.29 is 15.0 Å². The smallest absolute Gasteiger partial charge is 0.257 e. The summed E-state index contributed by atoms with van der Waals surface area (Å²) in [7, 11) is 0. The number of aromatic hydroxyl groups is 1. The van der Waals surface area contributed by atoms with Crippen LogP contribution in [0.1, 0.15) is 47.7 Å². The van der Waals surface area contributed by atoms with Gasteiger partial charge in [0.15, 0.2) is 0 Å². The van der Waals surface area contributed by atoms with E-state index in [0.29, 0.717) is 25.1 Å². The fraction of sp³-hybridized carbons (Fsp3) is 0.562. The van der Waals surface area contributed by atoms with Crippen molar-refractivity contribution in [3.63, 3.8) is 0 Å². The molecule has 20 heavy (non-hydrogen) atoms. The van der Waals surface area contributed by atoms with E-state index in [1.807, 2.05) is 6.07 Å². The summed E-state index contributed by atoms with van der Waals surface area (Å²) in [6.45, 7) is 2.62. The highest BCUT2D eigenvalue weighted by atomic mass is 16.3. The van der Waals surface area contributed by atoms with Crippen LogP contribution in [0, 0.1) is 0 Å². The molecule has 4 nitrogen and oxygen atoms in total. The van der Waals surface area contributed by atoms with E-state index in [2.05, 4.69) is 0 Å². The maximum atomic E-state index is 12.5. The number of carbonyl (C=O) groups excluding carboxylic acids is 1. The fourth-order valence-electron chi connectivity index (χ4n) is 3.23. The molecule has 4 heteroatoms. The zero-order valence-electron chi connectivity index (χ0n) is 11.9. The standard InChI is InChI=1S/C16H21NO3/c1-16(20)6-7-17(10-16)15(19)13-8-11-4-2-3-5-12(11)9-14(13)18/h8-9,18,20H,2-7,10H2,1H3. The van der Waals surface area contributed by atoms with Crippen LogP contribution in [-0.2, 0) is 12.8 Å². The van der Waals surface area contributed by atoms with Gasteiger partial charge in [-0.15, -0.1) is 0 Å². The second-order valence-corrected chi connectivity index (χ2v) is 6.32. The number of hydrogen-bond donors (Lipinski definition) is 2. The van der Waals surface area contributed by atoms with Crippen molar-refractivity contribution in [1.29, 1.82) is 0 Å². The van der Waals surface area contributed by atoms with E-state index in [0.717, 1.165) is 25.7 Å². The summed E-state index contributed by atoms with van der Waals surface area (Å²) in [5.41, 5.74) is 1.92. The van der Waals surface area contributed by atoms with Gasteiger partial charge in [-0.25, -0.2) is 0 Å². The second-order valence-electron chi connectivity index (χ2n) is 6.32. The molecule has 3 rings (SSSR count). The Morgan fingerprint density at radius 3 is 2.50 bits per heavy atom. The van der Waals surface area contributed by atoms with Crippen LogP contribution in [-0.4, -0.2) is 39.7 Å². The molecule has 1 aromatic rings. The van der Waals surface area contributed by atoms with E-state index in [9.17, 15) is 15.0 Å². The van der Waals surface area contributed by atoms with Gasteiger partial charge in [-0.1, -0.05) is 0 Å². The first-order valence-electron chi connectivity index (χ1n) is 7.33. The van der Waals surface area contributed by atoms with Crippen molar-refractivity contribution in [3.8, 4) is 5.75 Å². The van der Waals surface area contributed by atoms with Gasteiger partial charge in [-0.05, 0) is 62.3 Å². The van der Waals surface area contributed by atoms with Crippen LogP contribution in [0.4, 0.5) is 0 Å². The first kappa shape index (κ1) is 13.4. The number of phenols is 1. The average molecular weight is 275 g/mol. The predicted octanol–water partition coefficient (Wildman–Crippen LogP) is 1.87. The highest BCUT2D eigenvalue weighted by Crippen LogP contribution is 2.31. The zero-order valence-corrected chi connectivity index (χ0v) is 11.9. The van der Waals surface area contributed by atoms with Crippen molar-refractivity contribution in [1.82, 2.24) is 4.90 Å². The number of likely N-dealkylation sites (tertiary alicyclic amines) is 1. The van der Waals surface area contributed by atoms with Crippen molar-refractivity contribution in [2.45, 2.75) is 44.6 Å². The Balaban J connectivity index is 1.88. The molecule has 2 aliphatic rings. The normalized spacial score (nSPS) is 25.6. The molecule has 1 atom stereocenters. The van der Waals surface area contributed by atoms with Gasteiger partial charge in [0.25, 0.3) is 5.91 Å². The van der Waals surface area contributed by atoms with Crippen molar-refractivity contribution in [3.05, 3.63) is 28.8 Å². The lowest BCUT2D eigenvalue weighted by atomic mass is 9.89. The molecular weight excluding hydrogens is 254 g/mol. The molecule has 1 heterocycles. The largest absolute Gasteiger partial charge is 0.507 e. The molecule has 1 saturated heterocycles. The molecule has 0 radical (unpaired) electrons. The number of nitrogens with zero attached hydrogens (tertiary/aromatic N) is 1. The molecule has 1 fully saturated rings. The molecule has 0 saturated carbocycles. The molecule has 1 aliphatic heterocycles. The minimum absolute atomic E-state index is 0.0715. The number of aryl methyl sites for hydroxylation is 2. The summed E-state index contributed by atoms with van der Waals surface area (Å²) in [5, 5.41) is 20.1. The lowest BCUT2D eigenvalue weighted by Gasteiger charge is -2.22. The predicted molar refractivity (Wildman–Crippen MR) is 75.9 cm³/mol. The summed E-state index contributed by atoms with van der Waals surface area (Å²) in [4.78, 5) is 14.1. The number of carbonyl (C=O) groups is 1. The maximum Gasteiger partial charge on any atom is 0.257 e. The van der Waals surface area contributed by atoms with Gasteiger partial charge >= 0.3 is 0 Å². The second kappa shape index (κ2) is 4.77. The number of phenolic OH excluding ortho intramolecular Hbond substituents is 1. The molecule has 1 unspecified atom stereocenters. The van der Waals surface area contributed by atoms with E-state index in [1.54, 1.807) is 17.9 Å². The van der Waals surface area contributed by atoms with Gasteiger partial charge in [-0.2, -0.15) is 0 Å². The number of hydrogen-bond acceptors (Lipinski definition) is 3. The highest BCUT2D eigenvalue weighted by Gasteiger charge is 2.35. The van der Waals surface area contributed by atoms with Gasteiger partial charge in [0.05, 0.1) is 11.2 Å². The summed E-state index contributed by atoms with van der Waals surface area (Å²) in [5.74, 6) is -0.101. The number of rotatable bonds is 1. The lowest BCUT2D eigenvalue weighted by Crippen LogP contribution is -2.34. The number of fused-ring (bicyclic) bond motifs is 1. The molecule has 1 aliphatic carbocycles. The first-order valence-corrected chi connectivity index (χ1v) is 7.33. The Bertz CT molecular complexity index is 551. The van der Waals surface area contributed by atoms with Crippen molar-refractivity contribution in [2.75, 3.05) is 13.1 Å². The quantitative estimate of drug-likeness (QED) is 0.822. The molecule has 108 valence electrons. The van der Waals surface area contributed by atoms with Crippen LogP contribution in [0.5, 0.6) is 5.75 Å². The van der Waals surface area contributed by atoms with E-state index in [4.69, 9.17) is 0 Å². The number of β-amino-alcohol motifs (C(OH)–C–C–N with tert-alkyl or cyclic N) is 1. The summed E-state index contributed by atoms with van der Waals surface area (Å²) >= 11 is 0. The van der Waals surface area contributed by atoms with Gasteiger partial charge in [0.2, 0.25) is 0 Å². The SMILES string of the molecule is CC1(O)CCN(C(=O)c2cc3c(cc2O)CCCC3)C1. The van der Waals surface area contributed by atoms with Crippen LogP contribution in [0.25, 0.3) is 0 Å². The van der Waals surface area contributed by atoms with Crippen LogP contribution in [0.15, 0.2) is 12.1 Å². The molecule has 0 bridgehead atoms. The Kier molecular flexibility index (Phi) is 3.21. The monoisotopic (exact) mass is 275 g/mol. The topological polar surface area (TPSA) is 60.8 Å². The molecule has 1 amide bonds. The third-order valence-electron chi connectivity index (χ3n) is 4.43. The van der Waals surface area contributed by atoms with Gasteiger partial charge in [0, 0.05) is 13.1 Å². The Labute approximate surface area is 119 Å². The van der Waals surface area contributed by atoms with Crippen LogP contribution in [0.2, 0.25) is 0 Å². The van der Waals surface area contributed by atoms with Crippen LogP contribution in [0.3, 0.4) is 0 Å². The summed E-state index contributed by atoms with van der Waals surface area (Å²) < 4.78 is 0. The third kappa shape index (κ3) is 2.40. The Hall–Kier alpha value is -1.55. The van der Waals surface area contributed by atoms with E-state index in [1.165, 1.54) is 11.1 Å². The van der Waals surface area contributed by atoms with Gasteiger partial charge < -0.3 is 15.1 Å². The maximum absolute atomic E-state index is 12.5. The zero-order chi connectivity index (χ0) is 14.3. The number of aliphatic hydroxyl groups is 1. The van der Waals surface area contributed by atoms with E-state index < -0.39 is 5.60 Å².